The summed E-state index contributed by atoms with van der Waals surface area (Å²) in [6, 6.07) is 4.15. The van der Waals surface area contributed by atoms with Gasteiger partial charge >= 0.3 is 0 Å². The van der Waals surface area contributed by atoms with E-state index in [-0.39, 0.29) is 0 Å². The van der Waals surface area contributed by atoms with Gasteiger partial charge in [0.25, 0.3) is 0 Å². The number of nitrogens with one attached hydrogen (secondary N) is 1. The summed E-state index contributed by atoms with van der Waals surface area (Å²) in [5, 5.41) is 3.29. The van der Waals surface area contributed by atoms with Crippen molar-refractivity contribution in [2.45, 2.75) is 20.3 Å². The Labute approximate surface area is 113 Å². The standard InChI is InChI=1S/C12H14BrN3S/c1-3-6-14-11-9(13)7-15-12(16-11)10-5-4-8(2)17-10/h4-5,7H,3,6H2,1-2H3,(H,14,15,16). The summed E-state index contributed by atoms with van der Waals surface area (Å²) < 4.78 is 0.906. The van der Waals surface area contributed by atoms with Crippen LogP contribution in [0.5, 0.6) is 0 Å². The highest BCUT2D eigenvalue weighted by molar-refractivity contribution is 9.10. The number of aryl methyl sites for hydroxylation is 1. The van der Waals surface area contributed by atoms with E-state index >= 15 is 0 Å². The van der Waals surface area contributed by atoms with Crippen LogP contribution >= 0.6 is 27.3 Å². The van der Waals surface area contributed by atoms with Gasteiger partial charge in [-0.05, 0) is 41.4 Å². The van der Waals surface area contributed by atoms with E-state index in [9.17, 15) is 0 Å². The van der Waals surface area contributed by atoms with Crippen LogP contribution in [0.15, 0.2) is 22.8 Å². The van der Waals surface area contributed by atoms with Gasteiger partial charge in [-0.1, -0.05) is 6.92 Å². The first-order valence-corrected chi connectivity index (χ1v) is 7.15. The second kappa shape index (κ2) is 5.60. The van der Waals surface area contributed by atoms with Gasteiger partial charge in [0.1, 0.15) is 5.82 Å². The first-order valence-electron chi connectivity index (χ1n) is 5.54. The maximum absolute atomic E-state index is 4.53. The molecule has 0 saturated heterocycles. The topological polar surface area (TPSA) is 37.8 Å². The molecule has 0 bridgehead atoms. The molecule has 0 radical (unpaired) electrons. The molecule has 2 rings (SSSR count). The van der Waals surface area contributed by atoms with E-state index in [2.05, 4.69) is 57.2 Å². The third-order valence-electron chi connectivity index (χ3n) is 2.25. The highest BCUT2D eigenvalue weighted by atomic mass is 79.9. The number of nitrogens with zero attached hydrogens (tertiary/aromatic N) is 2. The third-order valence-corrected chi connectivity index (χ3v) is 3.82. The van der Waals surface area contributed by atoms with Crippen molar-refractivity contribution in [2.75, 3.05) is 11.9 Å². The Morgan fingerprint density at radius 1 is 1.41 bits per heavy atom. The molecule has 2 heterocycles. The van der Waals surface area contributed by atoms with Crippen LogP contribution in [0.25, 0.3) is 10.7 Å². The van der Waals surface area contributed by atoms with E-state index in [1.807, 2.05) is 0 Å². The SMILES string of the molecule is CCCNc1nc(-c2ccc(C)s2)ncc1Br. The lowest BCUT2D eigenvalue weighted by Crippen LogP contribution is -2.04. The molecule has 0 aliphatic rings. The zero-order chi connectivity index (χ0) is 12.3. The molecule has 0 fully saturated rings. The smallest absolute Gasteiger partial charge is 0.171 e. The summed E-state index contributed by atoms with van der Waals surface area (Å²) in [7, 11) is 0. The van der Waals surface area contributed by atoms with E-state index in [1.54, 1.807) is 17.5 Å². The number of hydrogen-bond donors (Lipinski definition) is 1. The molecular weight excluding hydrogens is 298 g/mol. The predicted octanol–water partition coefficient (Wildman–Crippen LogP) is 4.10. The highest BCUT2D eigenvalue weighted by Crippen LogP contribution is 2.27. The minimum Gasteiger partial charge on any atom is -0.369 e. The van der Waals surface area contributed by atoms with Crippen molar-refractivity contribution >= 4 is 33.1 Å². The molecule has 0 saturated carbocycles. The van der Waals surface area contributed by atoms with Crippen LogP contribution < -0.4 is 5.32 Å². The molecule has 0 unspecified atom stereocenters. The average molecular weight is 312 g/mol. The molecule has 5 heteroatoms. The summed E-state index contributed by atoms with van der Waals surface area (Å²) in [6.45, 7) is 5.13. The number of rotatable bonds is 4. The molecule has 0 aliphatic heterocycles. The number of anilines is 1. The molecule has 1 N–H and O–H groups in total. The average Bonchev–Trinajstić information content (AvgIpc) is 2.75. The van der Waals surface area contributed by atoms with Crippen molar-refractivity contribution in [3.05, 3.63) is 27.7 Å². The molecule has 90 valence electrons. The van der Waals surface area contributed by atoms with Crippen molar-refractivity contribution in [1.82, 2.24) is 9.97 Å². The zero-order valence-corrected chi connectivity index (χ0v) is 12.2. The number of thiophene rings is 1. The van der Waals surface area contributed by atoms with Gasteiger partial charge in [-0.25, -0.2) is 9.97 Å². The molecule has 0 aromatic carbocycles. The summed E-state index contributed by atoms with van der Waals surface area (Å²) in [5.74, 6) is 1.65. The second-order valence-electron chi connectivity index (χ2n) is 3.73. The molecule has 3 nitrogen and oxygen atoms in total. The molecule has 17 heavy (non-hydrogen) atoms. The van der Waals surface area contributed by atoms with Crippen molar-refractivity contribution < 1.29 is 0 Å². The highest BCUT2D eigenvalue weighted by Gasteiger charge is 2.08. The summed E-state index contributed by atoms with van der Waals surface area (Å²) in [4.78, 5) is 11.3. The van der Waals surface area contributed by atoms with Gasteiger partial charge in [0.15, 0.2) is 5.82 Å². The zero-order valence-electron chi connectivity index (χ0n) is 9.83. The Kier molecular flexibility index (Phi) is 4.12. The van der Waals surface area contributed by atoms with Gasteiger partial charge in [0.2, 0.25) is 0 Å². The van der Waals surface area contributed by atoms with Crippen LogP contribution in [-0.2, 0) is 0 Å². The predicted molar refractivity (Wildman–Crippen MR) is 76.6 cm³/mol. The Balaban J connectivity index is 2.30. The third kappa shape index (κ3) is 3.04. The quantitative estimate of drug-likeness (QED) is 0.923. The normalized spacial score (nSPS) is 10.5. The van der Waals surface area contributed by atoms with Crippen LogP contribution in [0.4, 0.5) is 5.82 Å². The fourth-order valence-corrected chi connectivity index (χ4v) is 2.55. The van der Waals surface area contributed by atoms with Gasteiger partial charge < -0.3 is 5.32 Å². The number of aromatic nitrogens is 2. The van der Waals surface area contributed by atoms with Crippen molar-refractivity contribution in [3.8, 4) is 10.7 Å². The molecule has 0 spiro atoms. The first-order chi connectivity index (χ1) is 8.20. The number of hydrogen-bond acceptors (Lipinski definition) is 4. The lowest BCUT2D eigenvalue weighted by Gasteiger charge is -2.07. The summed E-state index contributed by atoms with van der Waals surface area (Å²) >= 11 is 5.17. The molecule has 2 aromatic heterocycles. The molecule has 0 atom stereocenters. The Hall–Kier alpha value is -0.940. The van der Waals surface area contributed by atoms with Gasteiger partial charge in [-0.3, -0.25) is 0 Å². The summed E-state index contributed by atoms with van der Waals surface area (Å²) in [5.41, 5.74) is 0. The van der Waals surface area contributed by atoms with E-state index < -0.39 is 0 Å². The minimum absolute atomic E-state index is 0.782. The van der Waals surface area contributed by atoms with Crippen LogP contribution in [0, 0.1) is 6.92 Å². The van der Waals surface area contributed by atoms with E-state index in [1.165, 1.54) is 4.88 Å². The Bertz CT molecular complexity index is 510. The molecular formula is C12H14BrN3S. The molecule has 2 aromatic rings. The van der Waals surface area contributed by atoms with Gasteiger partial charge in [-0.15, -0.1) is 11.3 Å². The largest absolute Gasteiger partial charge is 0.369 e. The van der Waals surface area contributed by atoms with E-state index in [0.717, 1.165) is 34.0 Å². The monoisotopic (exact) mass is 311 g/mol. The second-order valence-corrected chi connectivity index (χ2v) is 5.87. The van der Waals surface area contributed by atoms with Crippen LogP contribution in [0.3, 0.4) is 0 Å². The van der Waals surface area contributed by atoms with Crippen molar-refractivity contribution in [1.29, 1.82) is 0 Å². The fraction of sp³-hybridized carbons (Fsp3) is 0.333. The minimum atomic E-state index is 0.782. The van der Waals surface area contributed by atoms with Gasteiger partial charge in [0.05, 0.1) is 9.35 Å². The van der Waals surface area contributed by atoms with Gasteiger partial charge in [-0.2, -0.15) is 0 Å². The maximum Gasteiger partial charge on any atom is 0.171 e. The Morgan fingerprint density at radius 2 is 2.24 bits per heavy atom. The van der Waals surface area contributed by atoms with Gasteiger partial charge in [0, 0.05) is 17.6 Å². The van der Waals surface area contributed by atoms with Crippen LogP contribution in [0.1, 0.15) is 18.2 Å². The van der Waals surface area contributed by atoms with Crippen molar-refractivity contribution in [3.63, 3.8) is 0 Å². The van der Waals surface area contributed by atoms with E-state index in [4.69, 9.17) is 0 Å². The lowest BCUT2D eigenvalue weighted by atomic mass is 10.4. The lowest BCUT2D eigenvalue weighted by molar-refractivity contribution is 0.963. The fourth-order valence-electron chi connectivity index (χ4n) is 1.41. The first kappa shape index (κ1) is 12.5. The van der Waals surface area contributed by atoms with Crippen molar-refractivity contribution in [2.24, 2.45) is 0 Å². The summed E-state index contributed by atoms with van der Waals surface area (Å²) in [6.07, 6.45) is 2.87. The van der Waals surface area contributed by atoms with E-state index in [0.29, 0.717) is 0 Å². The maximum atomic E-state index is 4.53. The van der Waals surface area contributed by atoms with Crippen LogP contribution in [0.2, 0.25) is 0 Å². The molecule has 0 amide bonds. The molecule has 0 aliphatic carbocycles. The Morgan fingerprint density at radius 3 is 2.88 bits per heavy atom. The van der Waals surface area contributed by atoms with Crippen LogP contribution in [-0.4, -0.2) is 16.5 Å². The number of halogens is 1.